The standard InChI is InChI=1S/C24H20F2N2O3/c25-18-8-11-20(21(26)13-18)22(29)14-23(27)28-19-9-6-16(7-10-19)12-24(30)31-15-17-4-2-1-3-5-17/h1-11,13-14,29H,12,15H2,(H2,27,28). The lowest BCUT2D eigenvalue weighted by atomic mass is 10.1. The van der Waals surface area contributed by atoms with Gasteiger partial charge in [0, 0.05) is 12.1 Å². The zero-order valence-corrected chi connectivity index (χ0v) is 16.5. The van der Waals surface area contributed by atoms with E-state index in [-0.39, 0.29) is 30.4 Å². The maximum absolute atomic E-state index is 13.7. The number of hydrogen-bond acceptors (Lipinski definition) is 4. The van der Waals surface area contributed by atoms with Gasteiger partial charge in [-0.3, -0.25) is 4.79 Å². The number of ether oxygens (including phenoxy) is 1. The van der Waals surface area contributed by atoms with Crippen molar-refractivity contribution < 1.29 is 23.4 Å². The first-order valence-corrected chi connectivity index (χ1v) is 9.39. The molecule has 0 spiro atoms. The molecule has 0 fully saturated rings. The van der Waals surface area contributed by atoms with E-state index in [0.29, 0.717) is 11.8 Å². The van der Waals surface area contributed by atoms with E-state index in [1.54, 1.807) is 24.3 Å². The molecule has 0 saturated heterocycles. The van der Waals surface area contributed by atoms with Gasteiger partial charge in [0.25, 0.3) is 0 Å². The van der Waals surface area contributed by atoms with E-state index < -0.39 is 17.4 Å². The summed E-state index contributed by atoms with van der Waals surface area (Å²) in [6.45, 7) is 0.211. The summed E-state index contributed by atoms with van der Waals surface area (Å²) in [7, 11) is 0. The number of rotatable bonds is 7. The fourth-order valence-electron chi connectivity index (χ4n) is 2.74. The molecule has 3 aromatic carbocycles. The molecule has 0 aliphatic rings. The van der Waals surface area contributed by atoms with Gasteiger partial charge in [-0.2, -0.15) is 0 Å². The van der Waals surface area contributed by atoms with Crippen LogP contribution in [-0.4, -0.2) is 16.9 Å². The first-order chi connectivity index (χ1) is 14.9. The van der Waals surface area contributed by atoms with E-state index in [1.807, 2.05) is 30.3 Å². The van der Waals surface area contributed by atoms with Crippen LogP contribution in [0, 0.1) is 11.6 Å². The Bertz CT molecular complexity index is 1110. The van der Waals surface area contributed by atoms with E-state index in [4.69, 9.17) is 10.5 Å². The van der Waals surface area contributed by atoms with Crippen LogP contribution >= 0.6 is 0 Å². The molecule has 7 heteroatoms. The second-order valence-electron chi connectivity index (χ2n) is 6.68. The van der Waals surface area contributed by atoms with Crippen molar-refractivity contribution in [3.05, 3.63) is 107 Å². The van der Waals surface area contributed by atoms with Crippen molar-refractivity contribution in [3.8, 4) is 0 Å². The Morgan fingerprint density at radius 3 is 2.39 bits per heavy atom. The summed E-state index contributed by atoms with van der Waals surface area (Å²) in [6.07, 6.45) is 1.18. The average Bonchev–Trinajstić information content (AvgIpc) is 2.74. The molecule has 0 unspecified atom stereocenters. The topological polar surface area (TPSA) is 84.9 Å². The number of aliphatic imine (C=N–C) groups is 1. The van der Waals surface area contributed by atoms with E-state index in [2.05, 4.69) is 4.99 Å². The van der Waals surface area contributed by atoms with Crippen LogP contribution in [0.4, 0.5) is 14.5 Å². The molecule has 0 bridgehead atoms. The Kier molecular flexibility index (Phi) is 7.11. The molecule has 158 valence electrons. The Morgan fingerprint density at radius 1 is 1.00 bits per heavy atom. The van der Waals surface area contributed by atoms with Crippen LogP contribution in [0.3, 0.4) is 0 Å². The first kappa shape index (κ1) is 21.7. The monoisotopic (exact) mass is 422 g/mol. The third kappa shape index (κ3) is 6.50. The number of benzene rings is 3. The van der Waals surface area contributed by atoms with Crippen molar-refractivity contribution >= 4 is 23.3 Å². The Hall–Kier alpha value is -4.00. The predicted molar refractivity (Wildman–Crippen MR) is 115 cm³/mol. The zero-order chi connectivity index (χ0) is 22.2. The summed E-state index contributed by atoms with van der Waals surface area (Å²) < 4.78 is 31.9. The highest BCUT2D eigenvalue weighted by Gasteiger charge is 2.09. The lowest BCUT2D eigenvalue weighted by Gasteiger charge is -2.05. The molecule has 3 aromatic rings. The maximum atomic E-state index is 13.7. The predicted octanol–water partition coefficient (Wildman–Crippen LogP) is 4.84. The molecule has 3 N–H and O–H groups in total. The number of nitrogens with zero attached hydrogens (tertiary/aromatic N) is 1. The van der Waals surface area contributed by atoms with Gasteiger partial charge in [0.15, 0.2) is 0 Å². The van der Waals surface area contributed by atoms with Gasteiger partial charge in [-0.05, 0) is 35.4 Å². The molecule has 5 nitrogen and oxygen atoms in total. The lowest BCUT2D eigenvalue weighted by Crippen LogP contribution is -2.09. The van der Waals surface area contributed by atoms with Crippen LogP contribution in [0.15, 0.2) is 83.9 Å². The molecule has 0 amide bonds. The van der Waals surface area contributed by atoms with Crippen molar-refractivity contribution in [2.24, 2.45) is 10.7 Å². The zero-order valence-electron chi connectivity index (χ0n) is 16.5. The number of aliphatic hydroxyl groups excluding tert-OH is 1. The van der Waals surface area contributed by atoms with Crippen molar-refractivity contribution in [1.82, 2.24) is 0 Å². The second-order valence-corrected chi connectivity index (χ2v) is 6.68. The summed E-state index contributed by atoms with van der Waals surface area (Å²) in [5.74, 6) is -2.56. The number of aliphatic hydroxyl groups is 1. The summed E-state index contributed by atoms with van der Waals surface area (Å²) in [5.41, 5.74) is 7.71. The van der Waals surface area contributed by atoms with Gasteiger partial charge >= 0.3 is 5.97 Å². The highest BCUT2D eigenvalue weighted by molar-refractivity contribution is 5.98. The number of nitrogens with two attached hydrogens (primary N) is 1. The second kappa shape index (κ2) is 10.2. The minimum atomic E-state index is -0.912. The third-order valence-corrected chi connectivity index (χ3v) is 4.28. The molecule has 0 aliphatic heterocycles. The minimum Gasteiger partial charge on any atom is -0.507 e. The molecule has 0 aliphatic carbocycles. The number of carbonyl (C=O) groups excluding carboxylic acids is 1. The summed E-state index contributed by atoms with van der Waals surface area (Å²) in [5, 5.41) is 10.0. The van der Waals surface area contributed by atoms with Crippen LogP contribution in [-0.2, 0) is 22.6 Å². The normalized spacial score (nSPS) is 11.9. The number of hydrogen-bond donors (Lipinski definition) is 2. The summed E-state index contributed by atoms with van der Waals surface area (Å²) in [4.78, 5) is 16.1. The van der Waals surface area contributed by atoms with Gasteiger partial charge in [-0.25, -0.2) is 13.8 Å². The van der Waals surface area contributed by atoms with Crippen LogP contribution in [0.1, 0.15) is 16.7 Å². The minimum absolute atomic E-state index is 0.0729. The number of halogens is 2. The average molecular weight is 422 g/mol. The third-order valence-electron chi connectivity index (χ3n) is 4.28. The smallest absolute Gasteiger partial charge is 0.310 e. The van der Waals surface area contributed by atoms with Gasteiger partial charge in [-0.15, -0.1) is 0 Å². The van der Waals surface area contributed by atoms with Gasteiger partial charge in [0.2, 0.25) is 0 Å². The Balaban J connectivity index is 1.60. The fourth-order valence-corrected chi connectivity index (χ4v) is 2.74. The van der Waals surface area contributed by atoms with Crippen LogP contribution < -0.4 is 5.73 Å². The Morgan fingerprint density at radius 2 is 1.71 bits per heavy atom. The van der Waals surface area contributed by atoms with Gasteiger partial charge < -0.3 is 15.6 Å². The number of carbonyl (C=O) groups is 1. The molecular weight excluding hydrogens is 402 g/mol. The molecule has 0 heterocycles. The molecular formula is C24H20F2N2O3. The fraction of sp³-hybridized carbons (Fsp3) is 0.0833. The molecule has 31 heavy (non-hydrogen) atoms. The van der Waals surface area contributed by atoms with Crippen LogP contribution in [0.5, 0.6) is 0 Å². The molecule has 3 rings (SSSR count). The van der Waals surface area contributed by atoms with Gasteiger partial charge in [0.05, 0.1) is 17.7 Å². The van der Waals surface area contributed by atoms with Gasteiger partial charge in [-0.1, -0.05) is 42.5 Å². The summed E-state index contributed by atoms with van der Waals surface area (Å²) >= 11 is 0. The number of amidine groups is 1. The van der Waals surface area contributed by atoms with Crippen molar-refractivity contribution in [2.45, 2.75) is 13.0 Å². The van der Waals surface area contributed by atoms with Gasteiger partial charge in [0.1, 0.15) is 29.8 Å². The van der Waals surface area contributed by atoms with Crippen LogP contribution in [0.25, 0.3) is 5.76 Å². The first-order valence-electron chi connectivity index (χ1n) is 9.39. The highest BCUT2D eigenvalue weighted by Crippen LogP contribution is 2.18. The Labute approximate surface area is 178 Å². The van der Waals surface area contributed by atoms with E-state index >= 15 is 0 Å². The van der Waals surface area contributed by atoms with Crippen molar-refractivity contribution in [2.75, 3.05) is 0 Å². The van der Waals surface area contributed by atoms with E-state index in [1.165, 1.54) is 0 Å². The molecule has 0 atom stereocenters. The van der Waals surface area contributed by atoms with E-state index in [9.17, 15) is 18.7 Å². The molecule has 0 saturated carbocycles. The van der Waals surface area contributed by atoms with Crippen molar-refractivity contribution in [3.63, 3.8) is 0 Å². The lowest BCUT2D eigenvalue weighted by molar-refractivity contribution is -0.144. The van der Waals surface area contributed by atoms with Crippen molar-refractivity contribution in [1.29, 1.82) is 0 Å². The summed E-state index contributed by atoms with van der Waals surface area (Å²) in [6, 6.07) is 18.9. The molecule has 0 radical (unpaired) electrons. The quantitative estimate of drug-likeness (QED) is 0.247. The number of esters is 1. The SMILES string of the molecule is NC(C=C(O)c1ccc(F)cc1F)=Nc1ccc(CC(=O)OCc2ccccc2)cc1. The largest absolute Gasteiger partial charge is 0.507 e. The molecule has 0 aromatic heterocycles. The van der Waals surface area contributed by atoms with Crippen LogP contribution in [0.2, 0.25) is 0 Å². The van der Waals surface area contributed by atoms with E-state index in [0.717, 1.165) is 29.3 Å². The maximum Gasteiger partial charge on any atom is 0.310 e. The highest BCUT2D eigenvalue weighted by atomic mass is 19.1.